The maximum atomic E-state index is 12.0. The second kappa shape index (κ2) is 6.53. The fourth-order valence-corrected chi connectivity index (χ4v) is 4.78. The molecule has 0 amide bonds. The first-order valence-corrected chi connectivity index (χ1v) is 9.10. The van der Waals surface area contributed by atoms with Crippen LogP contribution in [0.15, 0.2) is 12.1 Å². The van der Waals surface area contributed by atoms with Gasteiger partial charge < -0.3 is 5.11 Å². The number of halogens is 2. The highest BCUT2D eigenvalue weighted by atomic mass is 35.5. The Morgan fingerprint density at radius 2 is 2.08 bits per heavy atom. The van der Waals surface area contributed by atoms with Crippen molar-refractivity contribution in [2.24, 2.45) is 5.41 Å². The minimum Gasteiger partial charge on any atom is -0.481 e. The molecule has 1 aromatic carbocycles. The Hall–Kier alpha value is -1.32. The van der Waals surface area contributed by atoms with Crippen LogP contribution < -0.4 is 0 Å². The molecule has 1 aromatic rings. The quantitative estimate of drug-likeness (QED) is 0.788. The maximum Gasteiger partial charge on any atom is 0.303 e. The highest BCUT2D eigenvalue weighted by Gasteiger charge is 2.45. The number of benzene rings is 1. The van der Waals surface area contributed by atoms with Crippen LogP contribution in [0.1, 0.15) is 55.7 Å². The average Bonchev–Trinajstić information content (AvgIpc) is 2.83. The Bertz CT molecular complexity index is 751. The van der Waals surface area contributed by atoms with Crippen LogP contribution in [0.2, 0.25) is 10.0 Å². The molecule has 3 nitrogen and oxygen atoms in total. The standard InChI is InChI=1S/C19H20Cl2O3/c1-2-6-19-7-5-13(22)9-14(19)16-12(10-19)8-11(3-4-15(23)24)17(20)18(16)21/h8-9H,2-7,10H2,1H3,(H,23,24). The van der Waals surface area contributed by atoms with Crippen LogP contribution in [0.4, 0.5) is 0 Å². The van der Waals surface area contributed by atoms with Crippen LogP contribution in [-0.2, 0) is 22.4 Å². The second-order valence-electron chi connectivity index (χ2n) is 6.82. The van der Waals surface area contributed by atoms with E-state index in [1.54, 1.807) is 6.08 Å². The van der Waals surface area contributed by atoms with E-state index in [9.17, 15) is 9.59 Å². The van der Waals surface area contributed by atoms with Gasteiger partial charge in [0.1, 0.15) is 0 Å². The highest BCUT2D eigenvalue weighted by molar-refractivity contribution is 6.44. The lowest BCUT2D eigenvalue weighted by Crippen LogP contribution is -2.25. The molecule has 0 fully saturated rings. The molecule has 0 spiro atoms. The number of rotatable bonds is 5. The van der Waals surface area contributed by atoms with Crippen molar-refractivity contribution in [2.75, 3.05) is 0 Å². The summed E-state index contributed by atoms with van der Waals surface area (Å²) in [5, 5.41) is 9.80. The third-order valence-corrected chi connectivity index (χ3v) is 6.13. The van der Waals surface area contributed by atoms with Crippen molar-refractivity contribution in [1.82, 2.24) is 0 Å². The average molecular weight is 367 g/mol. The number of aliphatic carboxylic acids is 1. The normalized spacial score (nSPS) is 22.1. The molecule has 1 atom stereocenters. The summed E-state index contributed by atoms with van der Waals surface area (Å²) < 4.78 is 0. The zero-order chi connectivity index (χ0) is 17.5. The third kappa shape index (κ3) is 2.89. The summed E-state index contributed by atoms with van der Waals surface area (Å²) in [6.45, 7) is 2.15. The van der Waals surface area contributed by atoms with Crippen LogP contribution in [-0.4, -0.2) is 16.9 Å². The van der Waals surface area contributed by atoms with Gasteiger partial charge in [0.2, 0.25) is 0 Å². The Morgan fingerprint density at radius 3 is 2.75 bits per heavy atom. The molecule has 2 aliphatic carbocycles. The van der Waals surface area contributed by atoms with E-state index in [1.165, 1.54) is 0 Å². The van der Waals surface area contributed by atoms with Gasteiger partial charge in [-0.25, -0.2) is 0 Å². The first-order chi connectivity index (χ1) is 11.4. The fraction of sp³-hybridized carbons (Fsp3) is 0.474. The number of allylic oxidation sites excluding steroid dienone is 2. The Balaban J connectivity index is 2.09. The lowest BCUT2D eigenvalue weighted by Gasteiger charge is -2.33. The van der Waals surface area contributed by atoms with Crippen LogP contribution in [0.5, 0.6) is 0 Å². The minimum absolute atomic E-state index is 0.0239. The predicted octanol–water partition coefficient (Wildman–Crippen LogP) is 5.10. The molecule has 2 aliphatic rings. The smallest absolute Gasteiger partial charge is 0.303 e. The largest absolute Gasteiger partial charge is 0.481 e. The van der Waals surface area contributed by atoms with Crippen molar-refractivity contribution in [3.05, 3.63) is 38.9 Å². The first kappa shape index (κ1) is 17.5. The molecule has 0 saturated carbocycles. The molecular formula is C19H20Cl2O3. The van der Waals surface area contributed by atoms with Crippen LogP contribution in [0.3, 0.4) is 0 Å². The van der Waals surface area contributed by atoms with Gasteiger partial charge in [-0.3, -0.25) is 9.59 Å². The Morgan fingerprint density at radius 1 is 1.33 bits per heavy atom. The summed E-state index contributed by atoms with van der Waals surface area (Å²) in [7, 11) is 0. The van der Waals surface area contributed by atoms with Gasteiger partial charge >= 0.3 is 5.97 Å². The van der Waals surface area contributed by atoms with E-state index in [0.29, 0.717) is 22.9 Å². The Kier molecular flexibility index (Phi) is 4.76. The first-order valence-electron chi connectivity index (χ1n) is 8.35. The summed E-state index contributed by atoms with van der Waals surface area (Å²) in [6, 6.07) is 1.99. The molecule has 0 heterocycles. The lowest BCUT2D eigenvalue weighted by atomic mass is 9.70. The van der Waals surface area contributed by atoms with E-state index in [4.69, 9.17) is 28.3 Å². The summed E-state index contributed by atoms with van der Waals surface area (Å²) in [4.78, 5) is 22.8. The molecule has 1 unspecified atom stereocenters. The number of ketones is 1. The molecule has 0 saturated heterocycles. The zero-order valence-electron chi connectivity index (χ0n) is 13.6. The molecule has 0 aliphatic heterocycles. The summed E-state index contributed by atoms with van der Waals surface area (Å²) >= 11 is 13.0. The van der Waals surface area contributed by atoms with E-state index >= 15 is 0 Å². The van der Waals surface area contributed by atoms with E-state index in [-0.39, 0.29) is 17.6 Å². The van der Waals surface area contributed by atoms with Crippen molar-refractivity contribution < 1.29 is 14.7 Å². The van der Waals surface area contributed by atoms with Gasteiger partial charge in [-0.1, -0.05) is 42.6 Å². The van der Waals surface area contributed by atoms with Gasteiger partial charge in [0.05, 0.1) is 10.0 Å². The zero-order valence-corrected chi connectivity index (χ0v) is 15.1. The van der Waals surface area contributed by atoms with E-state index < -0.39 is 5.97 Å². The fourth-order valence-electron chi connectivity index (χ4n) is 4.19. The van der Waals surface area contributed by atoms with Crippen LogP contribution >= 0.6 is 23.2 Å². The van der Waals surface area contributed by atoms with E-state index in [2.05, 4.69) is 6.92 Å². The molecule has 0 radical (unpaired) electrons. The second-order valence-corrected chi connectivity index (χ2v) is 7.58. The van der Waals surface area contributed by atoms with Gasteiger partial charge in [0, 0.05) is 23.8 Å². The SMILES string of the molecule is CCCC12CCC(=O)C=C1c1c(cc(CCC(=O)O)c(Cl)c1Cl)C2. The number of aryl methyl sites for hydroxylation is 1. The maximum absolute atomic E-state index is 12.0. The topological polar surface area (TPSA) is 54.4 Å². The van der Waals surface area contributed by atoms with Crippen LogP contribution in [0, 0.1) is 5.41 Å². The molecule has 1 N–H and O–H groups in total. The predicted molar refractivity (Wildman–Crippen MR) is 95.7 cm³/mol. The summed E-state index contributed by atoms with van der Waals surface area (Å²) in [5.41, 5.74) is 3.79. The van der Waals surface area contributed by atoms with E-state index in [1.807, 2.05) is 6.07 Å². The highest BCUT2D eigenvalue weighted by Crippen LogP contribution is 2.57. The van der Waals surface area contributed by atoms with Crippen molar-refractivity contribution in [3.8, 4) is 0 Å². The number of carbonyl (C=O) groups excluding carboxylic acids is 1. The summed E-state index contributed by atoms with van der Waals surface area (Å²) in [5.74, 6) is -0.709. The molecular weight excluding hydrogens is 347 g/mol. The molecule has 5 heteroatoms. The van der Waals surface area contributed by atoms with Crippen molar-refractivity contribution in [2.45, 2.75) is 51.9 Å². The molecule has 3 rings (SSSR count). The third-order valence-electron chi connectivity index (χ3n) is 5.23. The van der Waals surface area contributed by atoms with Gasteiger partial charge in [-0.05, 0) is 48.5 Å². The minimum atomic E-state index is -0.855. The number of carbonyl (C=O) groups is 2. The molecule has 0 aromatic heterocycles. The molecule has 0 bridgehead atoms. The Labute approximate surface area is 151 Å². The number of hydrogen-bond acceptors (Lipinski definition) is 2. The van der Waals surface area contributed by atoms with Crippen LogP contribution in [0.25, 0.3) is 5.57 Å². The molecule has 24 heavy (non-hydrogen) atoms. The van der Waals surface area contributed by atoms with Crippen molar-refractivity contribution in [1.29, 1.82) is 0 Å². The van der Waals surface area contributed by atoms with Gasteiger partial charge in [-0.15, -0.1) is 0 Å². The lowest BCUT2D eigenvalue weighted by molar-refractivity contribution is -0.137. The van der Waals surface area contributed by atoms with Crippen molar-refractivity contribution >= 4 is 40.5 Å². The number of carboxylic acids is 1. The monoisotopic (exact) mass is 366 g/mol. The van der Waals surface area contributed by atoms with Gasteiger partial charge in [-0.2, -0.15) is 0 Å². The van der Waals surface area contributed by atoms with E-state index in [0.717, 1.165) is 47.9 Å². The van der Waals surface area contributed by atoms with Gasteiger partial charge in [0.25, 0.3) is 0 Å². The number of carboxylic acid groups (broad SMARTS) is 1. The molecule has 128 valence electrons. The number of hydrogen-bond donors (Lipinski definition) is 1. The number of fused-ring (bicyclic) bond motifs is 3. The van der Waals surface area contributed by atoms with Crippen molar-refractivity contribution in [3.63, 3.8) is 0 Å². The summed E-state index contributed by atoms with van der Waals surface area (Å²) in [6.07, 6.45) is 6.47. The van der Waals surface area contributed by atoms with Gasteiger partial charge in [0.15, 0.2) is 5.78 Å².